The highest BCUT2D eigenvalue weighted by atomic mass is 32.2. The highest BCUT2D eigenvalue weighted by molar-refractivity contribution is 7.91. The van der Waals surface area contributed by atoms with Crippen molar-refractivity contribution >= 4 is 9.84 Å². The predicted molar refractivity (Wildman–Crippen MR) is 319 cm³/mol. The van der Waals surface area contributed by atoms with Crippen LogP contribution in [0.25, 0.3) is 0 Å². The molecule has 420 valence electrons. The second-order valence-corrected chi connectivity index (χ2v) is 24.6. The van der Waals surface area contributed by atoms with Crippen molar-refractivity contribution in [1.29, 1.82) is 0 Å². The van der Waals surface area contributed by atoms with E-state index in [0.717, 1.165) is 61.5 Å². The lowest BCUT2D eigenvalue weighted by atomic mass is 9.78. The molecule has 4 aromatic rings. The molecule has 8 atom stereocenters. The summed E-state index contributed by atoms with van der Waals surface area (Å²) in [6, 6.07) is 40.3. The fourth-order valence-corrected chi connectivity index (χ4v) is 13.2. The molecule has 0 aliphatic rings. The topological polar surface area (TPSA) is 71.1 Å². The molecule has 0 saturated carbocycles. The van der Waals surface area contributed by atoms with Crippen LogP contribution in [0.3, 0.4) is 0 Å². The normalized spacial score (nSPS) is 15.0. The van der Waals surface area contributed by atoms with Gasteiger partial charge in [-0.1, -0.05) is 229 Å². The second-order valence-electron chi connectivity index (χ2n) is 22.4. The van der Waals surface area contributed by atoms with E-state index in [2.05, 4.69) is 65.8 Å². The van der Waals surface area contributed by atoms with Crippen molar-refractivity contribution in [1.82, 2.24) is 0 Å². The molecule has 6 nitrogen and oxygen atoms in total. The van der Waals surface area contributed by atoms with Crippen molar-refractivity contribution in [2.24, 2.45) is 23.7 Å². The van der Waals surface area contributed by atoms with E-state index < -0.39 is 22.0 Å². The molecule has 0 heterocycles. The Kier molecular flexibility index (Phi) is 33.4. The Bertz CT molecular complexity index is 1890. The molecular formula is C68H106O6S. The van der Waals surface area contributed by atoms with Gasteiger partial charge in [-0.15, -0.1) is 0 Å². The molecule has 0 fully saturated rings. The van der Waals surface area contributed by atoms with E-state index in [1.165, 1.54) is 128 Å². The first-order chi connectivity index (χ1) is 36.6. The predicted octanol–water partition coefficient (Wildman–Crippen LogP) is 19.7. The Hall–Kier alpha value is -3.97. The first kappa shape index (κ1) is 63.6. The molecule has 0 saturated heterocycles. The minimum Gasteiger partial charge on any atom is -0.491 e. The van der Waals surface area contributed by atoms with Gasteiger partial charge in [0.2, 0.25) is 0 Å². The van der Waals surface area contributed by atoms with Crippen molar-refractivity contribution in [3.63, 3.8) is 0 Å². The van der Waals surface area contributed by atoms with Gasteiger partial charge in [0.25, 0.3) is 0 Å². The summed E-state index contributed by atoms with van der Waals surface area (Å²) >= 11 is 0. The summed E-state index contributed by atoms with van der Waals surface area (Å²) in [5, 5.41) is 0. The summed E-state index contributed by atoms with van der Waals surface area (Å²) in [4.78, 5) is 0. The number of sulfone groups is 1. The van der Waals surface area contributed by atoms with Crippen molar-refractivity contribution in [2.75, 3.05) is 11.5 Å². The number of ether oxygens (including phenoxy) is 4. The quantitative estimate of drug-likeness (QED) is 0.0411. The second kappa shape index (κ2) is 39.4. The van der Waals surface area contributed by atoms with Crippen LogP contribution in [0.4, 0.5) is 0 Å². The molecule has 0 spiro atoms. The summed E-state index contributed by atoms with van der Waals surface area (Å²) in [5.41, 5.74) is 0. The minimum absolute atomic E-state index is 0.0258. The van der Waals surface area contributed by atoms with Crippen molar-refractivity contribution in [2.45, 2.75) is 246 Å². The monoisotopic (exact) mass is 1050 g/mol. The van der Waals surface area contributed by atoms with Crippen LogP contribution in [0.1, 0.15) is 221 Å². The van der Waals surface area contributed by atoms with Gasteiger partial charge < -0.3 is 18.9 Å². The van der Waals surface area contributed by atoms with Crippen LogP contribution in [-0.2, 0) is 9.84 Å². The highest BCUT2D eigenvalue weighted by Crippen LogP contribution is 2.36. The third-order valence-corrected chi connectivity index (χ3v) is 17.5. The summed E-state index contributed by atoms with van der Waals surface area (Å²) in [5.74, 6) is 5.35. The highest BCUT2D eigenvalue weighted by Gasteiger charge is 2.31. The lowest BCUT2D eigenvalue weighted by molar-refractivity contribution is 0.153. The van der Waals surface area contributed by atoms with Crippen LogP contribution in [0, 0.1) is 23.7 Å². The lowest BCUT2D eigenvalue weighted by Gasteiger charge is -2.31. The molecule has 4 aromatic carbocycles. The van der Waals surface area contributed by atoms with Gasteiger partial charge in [-0.25, -0.2) is 8.42 Å². The zero-order valence-electron chi connectivity index (χ0n) is 48.2. The average Bonchev–Trinajstić information content (AvgIpc) is 3.41. The maximum atomic E-state index is 14.9. The third kappa shape index (κ3) is 28.8. The maximum Gasteiger partial charge on any atom is 0.157 e. The average molecular weight is 1050 g/mol. The Morgan fingerprint density at radius 3 is 0.827 bits per heavy atom. The summed E-state index contributed by atoms with van der Waals surface area (Å²) in [6.45, 7) is 13.6. The zero-order chi connectivity index (χ0) is 53.6. The summed E-state index contributed by atoms with van der Waals surface area (Å²) in [7, 11) is -3.63. The van der Waals surface area contributed by atoms with Crippen molar-refractivity contribution in [3.05, 3.63) is 121 Å². The van der Waals surface area contributed by atoms with E-state index in [4.69, 9.17) is 18.9 Å². The first-order valence-corrected chi connectivity index (χ1v) is 32.5. The van der Waals surface area contributed by atoms with E-state index in [0.29, 0.717) is 36.5 Å². The van der Waals surface area contributed by atoms with Gasteiger partial charge in [0.15, 0.2) is 9.84 Å². The molecule has 4 rings (SSSR count). The van der Waals surface area contributed by atoms with Gasteiger partial charge in [0.1, 0.15) is 35.2 Å². The fraction of sp³-hybridized carbons (Fsp3) is 0.647. The molecule has 0 aromatic heterocycles. The number of rotatable bonds is 46. The number of benzene rings is 4. The third-order valence-electron chi connectivity index (χ3n) is 15.8. The van der Waals surface area contributed by atoms with Crippen LogP contribution in [0.15, 0.2) is 121 Å². The molecule has 0 aliphatic heterocycles. The van der Waals surface area contributed by atoms with Gasteiger partial charge in [-0.05, 0) is 137 Å². The first-order valence-electron chi connectivity index (χ1n) is 30.7. The number of para-hydroxylation sites is 4. The molecule has 0 amide bonds. The number of hydrogen-bond acceptors (Lipinski definition) is 6. The minimum atomic E-state index is -3.63. The Labute approximate surface area is 460 Å². The maximum absolute atomic E-state index is 14.9. The van der Waals surface area contributed by atoms with E-state index in [1.807, 2.05) is 97.1 Å². The van der Waals surface area contributed by atoms with Gasteiger partial charge >= 0.3 is 0 Å². The van der Waals surface area contributed by atoms with Crippen LogP contribution in [-0.4, -0.2) is 44.3 Å². The van der Waals surface area contributed by atoms with Crippen LogP contribution >= 0.6 is 0 Å². The van der Waals surface area contributed by atoms with Gasteiger partial charge in [0, 0.05) is 0 Å². The Morgan fingerprint density at radius 2 is 0.560 bits per heavy atom. The Morgan fingerprint density at radius 1 is 0.307 bits per heavy atom. The zero-order valence-corrected chi connectivity index (χ0v) is 49.1. The van der Waals surface area contributed by atoms with Crippen molar-refractivity contribution in [3.8, 4) is 23.0 Å². The summed E-state index contributed by atoms with van der Waals surface area (Å²) < 4.78 is 56.3. The van der Waals surface area contributed by atoms with Gasteiger partial charge in [-0.3, -0.25) is 0 Å². The molecule has 7 heteroatoms. The lowest BCUT2D eigenvalue weighted by Crippen LogP contribution is -2.35. The largest absolute Gasteiger partial charge is 0.491 e. The van der Waals surface area contributed by atoms with E-state index in [-0.39, 0.29) is 23.7 Å². The standard InChI is InChI=1S/C68H106O6S/c1-7-11-15-23-35-59(49-47-57(5)71-63-39-27-19-28-40-63)61(37-25-17-13-9-3)51-53-67(73-65-43-31-21-32-44-65)55-75(69,70)56-68(74-66-45-33-22-34-46-66)54-52-62(38-26-18-14-10-4)60(36-24-16-12-8-2)50-48-58(6)72-64-41-29-20-30-42-64/h19-22,27-34,39-46,57-62,67-68H,7-18,23-26,35-38,47-56H2,1-6H3. The molecule has 75 heavy (non-hydrogen) atoms. The molecule has 0 aliphatic carbocycles. The SMILES string of the molecule is CCCCCCC(CCC(C)Oc1ccccc1)C(CCCCCC)CCC(CS(=O)(=O)CC(CCC(CCCCCC)C(CCCCCC)CCC(C)Oc1ccccc1)Oc1ccccc1)Oc1ccccc1. The van der Waals surface area contributed by atoms with E-state index in [9.17, 15) is 8.42 Å². The Balaban J connectivity index is 1.58. The molecular weight excluding hydrogens is 945 g/mol. The van der Waals surface area contributed by atoms with Gasteiger partial charge in [0.05, 0.1) is 23.7 Å². The molecule has 0 radical (unpaired) electrons. The number of unbranched alkanes of at least 4 members (excludes halogenated alkanes) is 12. The van der Waals surface area contributed by atoms with Crippen LogP contribution < -0.4 is 18.9 Å². The molecule has 8 unspecified atom stereocenters. The van der Waals surface area contributed by atoms with Crippen LogP contribution in [0.2, 0.25) is 0 Å². The van der Waals surface area contributed by atoms with E-state index in [1.54, 1.807) is 0 Å². The molecule has 0 N–H and O–H groups in total. The smallest absolute Gasteiger partial charge is 0.157 e. The molecule has 0 bridgehead atoms. The summed E-state index contributed by atoms with van der Waals surface area (Å²) in [6.07, 6.45) is 31.4. The van der Waals surface area contributed by atoms with E-state index >= 15 is 0 Å². The van der Waals surface area contributed by atoms with Crippen molar-refractivity contribution < 1.29 is 27.4 Å². The van der Waals surface area contributed by atoms with Gasteiger partial charge in [-0.2, -0.15) is 0 Å². The fourth-order valence-electron chi connectivity index (χ4n) is 11.4. The number of hydrogen-bond donors (Lipinski definition) is 0. The van der Waals surface area contributed by atoms with Crippen LogP contribution in [0.5, 0.6) is 23.0 Å².